The molecule has 2 aromatic heterocycles. The van der Waals surface area contributed by atoms with Crippen molar-refractivity contribution < 1.29 is 33.8 Å². The number of alkyl carbamates (subject to hydrolysis) is 1. The number of carbonyl (C=O) groups is 4. The molecule has 3 aliphatic rings. The van der Waals surface area contributed by atoms with Gasteiger partial charge in [0.15, 0.2) is 5.13 Å². The third-order valence-corrected chi connectivity index (χ3v) is 11.0. The summed E-state index contributed by atoms with van der Waals surface area (Å²) in [5, 5.41) is 22.2. The molecule has 5 atom stereocenters. The van der Waals surface area contributed by atoms with E-state index in [1.165, 1.54) is 22.3 Å². The zero-order chi connectivity index (χ0) is 38.0. The average Bonchev–Trinajstić information content (AvgIpc) is 3.53. The second-order valence-electron chi connectivity index (χ2n) is 14.5. The van der Waals surface area contributed by atoms with Crippen LogP contribution in [0.15, 0.2) is 54.5 Å². The number of para-hydroxylation sites is 1. The van der Waals surface area contributed by atoms with Crippen molar-refractivity contribution in [1.82, 2.24) is 25.5 Å². The van der Waals surface area contributed by atoms with E-state index in [0.29, 0.717) is 22.7 Å². The number of rotatable bonds is 14. The highest BCUT2D eigenvalue weighted by molar-refractivity contribution is 7.14. The molecule has 0 radical (unpaired) electrons. The summed E-state index contributed by atoms with van der Waals surface area (Å²) in [5.41, 5.74) is 1.91. The number of anilines is 1. The molecule has 2 saturated carbocycles. The van der Waals surface area contributed by atoms with Crippen molar-refractivity contribution in [3.05, 3.63) is 60.0 Å². The van der Waals surface area contributed by atoms with E-state index >= 15 is 0 Å². The van der Waals surface area contributed by atoms with E-state index in [9.17, 15) is 24.3 Å². The van der Waals surface area contributed by atoms with Crippen LogP contribution in [0.3, 0.4) is 0 Å². The number of carboxylic acids is 1. The molecule has 53 heavy (non-hydrogen) atoms. The first kappa shape index (κ1) is 37.8. The van der Waals surface area contributed by atoms with Crippen LogP contribution in [0.5, 0.6) is 5.75 Å². The summed E-state index contributed by atoms with van der Waals surface area (Å²) in [6, 6.07) is 5.61. The van der Waals surface area contributed by atoms with Gasteiger partial charge in [-0.2, -0.15) is 0 Å². The van der Waals surface area contributed by atoms with Crippen molar-refractivity contribution in [2.24, 2.45) is 5.92 Å². The molecule has 3 fully saturated rings. The second-order valence-corrected chi connectivity index (χ2v) is 15.4. The predicted octanol–water partition coefficient (Wildman–Crippen LogP) is 5.85. The first-order chi connectivity index (χ1) is 25.3. The number of aromatic nitrogens is 2. The molecule has 6 rings (SSSR count). The van der Waals surface area contributed by atoms with Crippen molar-refractivity contribution in [1.29, 1.82) is 0 Å². The van der Waals surface area contributed by atoms with Crippen LogP contribution in [0.1, 0.15) is 71.8 Å². The van der Waals surface area contributed by atoms with E-state index in [-0.39, 0.29) is 31.5 Å². The van der Waals surface area contributed by atoms with Gasteiger partial charge in [0.25, 0.3) is 0 Å². The number of thiazole rings is 1. The Morgan fingerprint density at radius 2 is 1.91 bits per heavy atom. The maximum atomic E-state index is 14.3. The number of aliphatic carboxylic acids is 1. The molecule has 3 aromatic rings. The quantitative estimate of drug-likeness (QED) is 0.147. The van der Waals surface area contributed by atoms with Crippen LogP contribution in [0.25, 0.3) is 22.3 Å². The first-order valence-electron chi connectivity index (χ1n) is 18.3. The average molecular weight is 745 g/mol. The topological polar surface area (TPSA) is 172 Å². The summed E-state index contributed by atoms with van der Waals surface area (Å²) < 4.78 is 12.3. The van der Waals surface area contributed by atoms with E-state index in [2.05, 4.69) is 36.0 Å². The number of ether oxygens (including phenoxy) is 2. The van der Waals surface area contributed by atoms with Gasteiger partial charge in [-0.05, 0) is 76.5 Å². The third-order valence-electron chi connectivity index (χ3n) is 10.2. The molecule has 1 aromatic carbocycles. The van der Waals surface area contributed by atoms with Gasteiger partial charge in [0.1, 0.15) is 41.3 Å². The number of carboxylic acid groups (broad SMARTS) is 1. The Labute approximate surface area is 313 Å². The zero-order valence-electron chi connectivity index (χ0n) is 30.6. The molecule has 282 valence electrons. The van der Waals surface area contributed by atoms with Gasteiger partial charge in [-0.15, -0.1) is 17.9 Å². The number of carbonyl (C=O) groups excluding carboxylic acids is 3. The first-order valence-corrected chi connectivity index (χ1v) is 19.1. The molecule has 0 spiro atoms. The maximum absolute atomic E-state index is 14.3. The van der Waals surface area contributed by atoms with Crippen LogP contribution in [-0.4, -0.2) is 86.3 Å². The Morgan fingerprint density at radius 3 is 2.55 bits per heavy atom. The molecule has 4 N–H and O–H groups in total. The largest absolute Gasteiger partial charge is 0.488 e. The summed E-state index contributed by atoms with van der Waals surface area (Å²) >= 11 is 1.48. The van der Waals surface area contributed by atoms with Gasteiger partial charge in [-0.25, -0.2) is 19.6 Å². The van der Waals surface area contributed by atoms with Crippen molar-refractivity contribution in [3.63, 3.8) is 0 Å². The molecule has 14 heteroatoms. The van der Waals surface area contributed by atoms with Gasteiger partial charge < -0.3 is 35.4 Å². The number of pyridine rings is 1. The number of hydrogen-bond acceptors (Lipinski definition) is 10. The van der Waals surface area contributed by atoms with Crippen LogP contribution < -0.4 is 20.7 Å². The van der Waals surface area contributed by atoms with E-state index in [0.717, 1.165) is 53.7 Å². The van der Waals surface area contributed by atoms with Gasteiger partial charge in [0.05, 0.1) is 17.8 Å². The van der Waals surface area contributed by atoms with Gasteiger partial charge in [0, 0.05) is 35.2 Å². The number of amides is 3. The smallest absolute Gasteiger partial charge is 0.408 e. The van der Waals surface area contributed by atoms with Crippen LogP contribution in [-0.2, 0) is 25.5 Å². The monoisotopic (exact) mass is 744 g/mol. The van der Waals surface area contributed by atoms with Gasteiger partial charge in [-0.1, -0.05) is 31.7 Å². The lowest BCUT2D eigenvalue weighted by atomic mass is 10.1. The predicted molar refractivity (Wildman–Crippen MR) is 203 cm³/mol. The van der Waals surface area contributed by atoms with Crippen LogP contribution in [0, 0.1) is 5.92 Å². The number of nitrogens with one attached hydrogen (secondary N) is 3. The fourth-order valence-electron chi connectivity index (χ4n) is 7.24. The molecule has 1 saturated heterocycles. The number of aryl methyl sites for hydroxylation is 1. The Hall–Kier alpha value is -4.98. The highest BCUT2D eigenvalue weighted by atomic mass is 32.1. The van der Waals surface area contributed by atoms with Crippen molar-refractivity contribution >= 4 is 51.2 Å². The summed E-state index contributed by atoms with van der Waals surface area (Å²) in [5.74, 6) is -2.32. The Morgan fingerprint density at radius 1 is 1.15 bits per heavy atom. The van der Waals surface area contributed by atoms with E-state index in [1.807, 2.05) is 43.5 Å². The lowest BCUT2D eigenvalue weighted by Crippen LogP contribution is -2.56. The minimum atomic E-state index is -1.51. The molecule has 1 aliphatic heterocycles. The van der Waals surface area contributed by atoms with Crippen LogP contribution >= 0.6 is 11.3 Å². The summed E-state index contributed by atoms with van der Waals surface area (Å²) in [6.07, 6.45) is 4.29. The van der Waals surface area contributed by atoms with Crippen LogP contribution in [0.4, 0.5) is 9.93 Å². The van der Waals surface area contributed by atoms with E-state index in [1.54, 1.807) is 6.92 Å². The molecule has 0 unspecified atom stereocenters. The van der Waals surface area contributed by atoms with Gasteiger partial charge >= 0.3 is 12.1 Å². The maximum Gasteiger partial charge on any atom is 0.408 e. The molecule has 2 aliphatic carbocycles. The normalized spacial score (nSPS) is 23.0. The third kappa shape index (κ3) is 8.02. The summed E-state index contributed by atoms with van der Waals surface area (Å²) in [6.45, 7) is 15.4. The second kappa shape index (κ2) is 15.6. The van der Waals surface area contributed by atoms with E-state index < -0.39 is 53.5 Å². The Balaban J connectivity index is 1.32. The van der Waals surface area contributed by atoms with Gasteiger partial charge in [0.2, 0.25) is 11.8 Å². The van der Waals surface area contributed by atoms with Gasteiger partial charge in [-0.3, -0.25) is 9.59 Å². The summed E-state index contributed by atoms with van der Waals surface area (Å²) in [7, 11) is 0. The minimum absolute atomic E-state index is 0.0171. The number of hydrogen-bond donors (Lipinski definition) is 4. The zero-order valence-corrected chi connectivity index (χ0v) is 31.5. The van der Waals surface area contributed by atoms with Crippen molar-refractivity contribution in [2.45, 2.75) is 109 Å². The lowest BCUT2D eigenvalue weighted by molar-refractivity contribution is -0.145. The Kier molecular flexibility index (Phi) is 11.1. The fraction of sp³-hybridized carbons (Fsp3) is 0.487. The van der Waals surface area contributed by atoms with Crippen molar-refractivity contribution in [3.8, 4) is 17.1 Å². The number of nitrogens with zero attached hydrogens (tertiary/aromatic N) is 3. The molecule has 0 bridgehead atoms. The number of fused-ring (bicyclic) bond motifs is 1. The highest BCUT2D eigenvalue weighted by Gasteiger charge is 2.61. The number of likely N-dealkylation sites (tertiary alicyclic amines) is 1. The SMILES string of the molecule is C=C[C@@H]1C[C@]1(NC(=O)[C@@H]1C[C@@H](Oc2cc(-c3csc(NC(C)C)n3)nc3c(CC)cccc23)CN1C(=O)[C@@H](NC(=O)OC1CCCC1)C(=C)C)C(=O)O. The van der Waals surface area contributed by atoms with Crippen molar-refractivity contribution in [2.75, 3.05) is 11.9 Å². The lowest BCUT2D eigenvalue weighted by Gasteiger charge is -2.29. The molecule has 13 nitrogen and oxygen atoms in total. The van der Waals surface area contributed by atoms with Crippen LogP contribution in [0.2, 0.25) is 0 Å². The number of benzene rings is 1. The minimum Gasteiger partial charge on any atom is -0.488 e. The highest BCUT2D eigenvalue weighted by Crippen LogP contribution is 2.45. The molecule has 3 amide bonds. The molecule has 3 heterocycles. The Bertz CT molecular complexity index is 1920. The molecular formula is C39H48N6O7S. The fourth-order valence-corrected chi connectivity index (χ4v) is 8.09. The van der Waals surface area contributed by atoms with E-state index in [4.69, 9.17) is 19.4 Å². The standard InChI is InChI=1S/C39H48N6O7S/c1-7-23-12-11-15-27-31(17-28(41-33(23)27)29-20-53-37(42-29)40-22(5)6)51-26-16-30(34(46)44-39(36(48)49)18-24(39)8-2)45(19-26)35(47)32(21(3)4)43-38(50)52-25-13-9-10-14-25/h8,11-12,15,17,20,22,24-26,30,32H,2-3,7,9-10,13-14,16,18-19H2,1,4-6H3,(H,40,42)(H,43,50)(H,44,46)(H,48,49)/t24-,26-,30+,32+,39-/m1/s1. The summed E-state index contributed by atoms with van der Waals surface area (Å²) in [4.78, 5) is 64.7. The molecular weight excluding hydrogens is 697 g/mol.